The molecule has 0 aliphatic rings. The van der Waals surface area contributed by atoms with Gasteiger partial charge in [-0.25, -0.2) is 4.79 Å². The largest absolute Gasteiger partial charge is 0.497 e. The van der Waals surface area contributed by atoms with Gasteiger partial charge in [-0.05, 0) is 42.0 Å². The molecule has 0 atom stereocenters. The Morgan fingerprint density at radius 1 is 1.00 bits per heavy atom. The van der Waals surface area contributed by atoms with Crippen LogP contribution in [0.4, 0.5) is 8.78 Å². The zero-order valence-corrected chi connectivity index (χ0v) is 13.9. The molecule has 1 amide bonds. The number of carbonyl (C=O) groups excluding carboxylic acids is 2. The predicted molar refractivity (Wildman–Crippen MR) is 88.2 cm³/mol. The van der Waals surface area contributed by atoms with Crippen LogP contribution < -0.4 is 14.8 Å². The maximum Gasteiger partial charge on any atom is 0.387 e. The van der Waals surface area contributed by atoms with Crippen molar-refractivity contribution in [2.45, 2.75) is 13.2 Å². The molecule has 0 aromatic heterocycles. The highest BCUT2D eigenvalue weighted by atomic mass is 19.3. The average molecular weight is 365 g/mol. The van der Waals surface area contributed by atoms with Gasteiger partial charge in [-0.3, -0.25) is 4.79 Å². The molecule has 26 heavy (non-hydrogen) atoms. The first-order chi connectivity index (χ1) is 12.5. The van der Waals surface area contributed by atoms with Crippen LogP contribution >= 0.6 is 0 Å². The fourth-order valence-corrected chi connectivity index (χ4v) is 1.98. The Morgan fingerprint density at radius 3 is 2.19 bits per heavy atom. The topological polar surface area (TPSA) is 73.9 Å². The second-order valence-corrected chi connectivity index (χ2v) is 5.10. The van der Waals surface area contributed by atoms with Crippen molar-refractivity contribution in [2.75, 3.05) is 13.7 Å². The number of methoxy groups -OCH3 is 1. The van der Waals surface area contributed by atoms with Crippen molar-refractivity contribution < 1.29 is 32.6 Å². The minimum Gasteiger partial charge on any atom is -0.497 e. The molecule has 0 spiro atoms. The summed E-state index contributed by atoms with van der Waals surface area (Å²) in [6.07, 6.45) is 0. The number of alkyl halides is 2. The molecule has 1 N–H and O–H groups in total. The normalized spacial score (nSPS) is 10.3. The number of amides is 1. The Hall–Kier alpha value is -3.16. The van der Waals surface area contributed by atoms with E-state index in [-0.39, 0.29) is 17.9 Å². The van der Waals surface area contributed by atoms with Crippen molar-refractivity contribution >= 4 is 11.9 Å². The minimum atomic E-state index is -2.94. The Kier molecular flexibility index (Phi) is 6.90. The number of carbonyl (C=O) groups is 2. The molecule has 8 heteroatoms. The van der Waals surface area contributed by atoms with E-state index in [1.165, 1.54) is 24.3 Å². The van der Waals surface area contributed by atoms with Crippen LogP contribution in [0.3, 0.4) is 0 Å². The number of hydrogen-bond acceptors (Lipinski definition) is 5. The minimum absolute atomic E-state index is 0.0752. The fourth-order valence-electron chi connectivity index (χ4n) is 1.98. The molecule has 0 unspecified atom stereocenters. The molecule has 0 saturated heterocycles. The highest BCUT2D eigenvalue weighted by Crippen LogP contribution is 2.15. The smallest absolute Gasteiger partial charge is 0.387 e. The van der Waals surface area contributed by atoms with E-state index in [4.69, 9.17) is 9.47 Å². The molecule has 2 rings (SSSR count). The lowest BCUT2D eigenvalue weighted by molar-refractivity contribution is -0.124. The zero-order valence-electron chi connectivity index (χ0n) is 13.9. The van der Waals surface area contributed by atoms with E-state index in [0.29, 0.717) is 5.75 Å². The number of benzene rings is 2. The molecule has 0 saturated carbocycles. The lowest BCUT2D eigenvalue weighted by Gasteiger charge is -2.08. The second-order valence-electron chi connectivity index (χ2n) is 5.10. The molecule has 2 aromatic rings. The summed E-state index contributed by atoms with van der Waals surface area (Å²) in [4.78, 5) is 23.6. The number of ether oxygens (including phenoxy) is 3. The Morgan fingerprint density at radius 2 is 1.62 bits per heavy atom. The molecule has 0 aliphatic heterocycles. The Balaban J connectivity index is 1.76. The van der Waals surface area contributed by atoms with Gasteiger partial charge < -0.3 is 19.5 Å². The summed E-state index contributed by atoms with van der Waals surface area (Å²) in [5.41, 5.74) is 0.981. The summed E-state index contributed by atoms with van der Waals surface area (Å²) < 4.78 is 38.2. The van der Waals surface area contributed by atoms with Crippen molar-refractivity contribution in [1.29, 1.82) is 0 Å². The van der Waals surface area contributed by atoms with Crippen molar-refractivity contribution in [3.8, 4) is 11.5 Å². The number of hydrogen-bond donors (Lipinski definition) is 1. The first kappa shape index (κ1) is 19.2. The van der Waals surface area contributed by atoms with Gasteiger partial charge in [0.2, 0.25) is 0 Å². The van der Waals surface area contributed by atoms with E-state index in [1.807, 2.05) is 0 Å². The van der Waals surface area contributed by atoms with E-state index >= 15 is 0 Å². The predicted octanol–water partition coefficient (Wildman–Crippen LogP) is 2.77. The average Bonchev–Trinajstić information content (AvgIpc) is 2.65. The van der Waals surface area contributed by atoms with Crippen LogP contribution in [0.2, 0.25) is 0 Å². The lowest BCUT2D eigenvalue weighted by Crippen LogP contribution is -2.28. The summed E-state index contributed by atoms with van der Waals surface area (Å²) in [7, 11) is 1.56. The van der Waals surface area contributed by atoms with Crippen molar-refractivity contribution in [3.63, 3.8) is 0 Å². The van der Waals surface area contributed by atoms with Crippen LogP contribution in [-0.2, 0) is 16.1 Å². The third-order valence-corrected chi connectivity index (χ3v) is 3.30. The highest BCUT2D eigenvalue weighted by Gasteiger charge is 2.11. The monoisotopic (exact) mass is 365 g/mol. The van der Waals surface area contributed by atoms with Crippen molar-refractivity contribution in [3.05, 3.63) is 59.7 Å². The van der Waals surface area contributed by atoms with Crippen LogP contribution in [-0.4, -0.2) is 32.2 Å². The van der Waals surface area contributed by atoms with Gasteiger partial charge in [0.05, 0.1) is 12.7 Å². The van der Waals surface area contributed by atoms with E-state index < -0.39 is 25.1 Å². The van der Waals surface area contributed by atoms with Crippen LogP contribution in [0.5, 0.6) is 11.5 Å². The van der Waals surface area contributed by atoms with Gasteiger partial charge in [0.15, 0.2) is 6.61 Å². The molecule has 138 valence electrons. The van der Waals surface area contributed by atoms with Crippen LogP contribution in [0, 0.1) is 0 Å². The molecular formula is C18H17F2NO5. The third kappa shape index (κ3) is 6.04. The summed E-state index contributed by atoms with van der Waals surface area (Å²) in [6, 6.07) is 12.1. The van der Waals surface area contributed by atoms with Crippen LogP contribution in [0.15, 0.2) is 48.5 Å². The lowest BCUT2D eigenvalue weighted by atomic mass is 10.2. The number of esters is 1. The fraction of sp³-hybridized carbons (Fsp3) is 0.222. The van der Waals surface area contributed by atoms with Crippen molar-refractivity contribution in [2.24, 2.45) is 0 Å². The van der Waals surface area contributed by atoms with Gasteiger partial charge in [0.25, 0.3) is 5.91 Å². The van der Waals surface area contributed by atoms with Gasteiger partial charge in [0, 0.05) is 6.54 Å². The second kappa shape index (κ2) is 9.36. The first-order valence-corrected chi connectivity index (χ1v) is 7.59. The van der Waals surface area contributed by atoms with E-state index in [1.54, 1.807) is 31.4 Å². The number of halogens is 2. The first-order valence-electron chi connectivity index (χ1n) is 7.59. The van der Waals surface area contributed by atoms with E-state index in [0.717, 1.165) is 5.56 Å². The molecule has 0 radical (unpaired) electrons. The van der Waals surface area contributed by atoms with Crippen LogP contribution in [0.25, 0.3) is 0 Å². The maximum absolute atomic E-state index is 12.1. The van der Waals surface area contributed by atoms with E-state index in [9.17, 15) is 18.4 Å². The Labute approximate surface area is 148 Å². The van der Waals surface area contributed by atoms with Gasteiger partial charge in [-0.1, -0.05) is 12.1 Å². The van der Waals surface area contributed by atoms with Gasteiger partial charge in [-0.15, -0.1) is 0 Å². The molecular weight excluding hydrogens is 348 g/mol. The van der Waals surface area contributed by atoms with Gasteiger partial charge in [-0.2, -0.15) is 8.78 Å². The Bertz CT molecular complexity index is 732. The standard InChI is InChI=1S/C18H17F2NO5/c1-24-14-6-2-12(3-7-14)10-21-16(22)11-25-17(23)13-4-8-15(9-5-13)26-18(19)20/h2-9,18H,10-11H2,1H3,(H,21,22). The summed E-state index contributed by atoms with van der Waals surface area (Å²) in [5, 5.41) is 2.61. The molecule has 2 aromatic carbocycles. The summed E-state index contributed by atoms with van der Waals surface area (Å²) in [6.45, 7) is -3.12. The van der Waals surface area contributed by atoms with Crippen LogP contribution in [0.1, 0.15) is 15.9 Å². The van der Waals surface area contributed by atoms with Crippen molar-refractivity contribution in [1.82, 2.24) is 5.32 Å². The number of nitrogens with one attached hydrogen (secondary N) is 1. The molecule has 0 heterocycles. The zero-order chi connectivity index (χ0) is 18.9. The number of rotatable bonds is 8. The van der Waals surface area contributed by atoms with Gasteiger partial charge >= 0.3 is 12.6 Å². The summed E-state index contributed by atoms with van der Waals surface area (Å²) >= 11 is 0. The molecule has 0 aliphatic carbocycles. The molecule has 0 fully saturated rings. The molecule has 0 bridgehead atoms. The van der Waals surface area contributed by atoms with Gasteiger partial charge in [0.1, 0.15) is 11.5 Å². The quantitative estimate of drug-likeness (QED) is 0.728. The maximum atomic E-state index is 12.1. The highest BCUT2D eigenvalue weighted by molar-refractivity contribution is 5.91. The molecule has 6 nitrogen and oxygen atoms in total. The van der Waals surface area contributed by atoms with E-state index in [2.05, 4.69) is 10.1 Å². The third-order valence-electron chi connectivity index (χ3n) is 3.30. The SMILES string of the molecule is COc1ccc(CNC(=O)COC(=O)c2ccc(OC(F)F)cc2)cc1. The summed E-state index contributed by atoms with van der Waals surface area (Å²) in [5.74, 6) is -0.576.